The third-order valence-corrected chi connectivity index (χ3v) is 2.32. The second-order valence-corrected chi connectivity index (χ2v) is 4.03. The van der Waals surface area contributed by atoms with Crippen LogP contribution in [0.1, 0.15) is 6.92 Å². The quantitative estimate of drug-likeness (QED) is 0.575. The lowest BCUT2D eigenvalue weighted by Crippen LogP contribution is -2.12. The highest BCUT2D eigenvalue weighted by Gasteiger charge is 2.16. The van der Waals surface area contributed by atoms with Crippen LogP contribution in [-0.4, -0.2) is 24.4 Å². The van der Waals surface area contributed by atoms with E-state index in [0.29, 0.717) is 0 Å². The Balaban J connectivity index is 3.17. The summed E-state index contributed by atoms with van der Waals surface area (Å²) in [5.74, 6) is -0.0787. The van der Waals surface area contributed by atoms with Crippen molar-refractivity contribution in [2.24, 2.45) is 0 Å². The summed E-state index contributed by atoms with van der Waals surface area (Å²) in [7, 11) is -4.32. The standard InChI is InChI=1S/C8H10O5S/c1-6(9)13-7-4-2-3-5-8(7)14(10,11)12/h2-6,9H,1H3,(H,10,11,12). The molecule has 0 heterocycles. The van der Waals surface area contributed by atoms with Crippen molar-refractivity contribution < 1.29 is 22.8 Å². The number of hydrogen-bond acceptors (Lipinski definition) is 4. The van der Waals surface area contributed by atoms with Gasteiger partial charge in [-0.05, 0) is 19.1 Å². The molecule has 0 fully saturated rings. The van der Waals surface area contributed by atoms with E-state index in [2.05, 4.69) is 0 Å². The van der Waals surface area contributed by atoms with Crippen molar-refractivity contribution in [1.29, 1.82) is 0 Å². The van der Waals surface area contributed by atoms with Crippen LogP contribution in [-0.2, 0) is 10.1 Å². The molecule has 14 heavy (non-hydrogen) atoms. The van der Waals surface area contributed by atoms with Gasteiger partial charge in [0.15, 0.2) is 6.29 Å². The van der Waals surface area contributed by atoms with Crippen molar-refractivity contribution in [3.63, 3.8) is 0 Å². The third kappa shape index (κ3) is 2.69. The molecule has 1 unspecified atom stereocenters. The van der Waals surface area contributed by atoms with Crippen LogP contribution in [0.3, 0.4) is 0 Å². The molecule has 0 saturated heterocycles. The maximum Gasteiger partial charge on any atom is 0.298 e. The summed E-state index contributed by atoms with van der Waals surface area (Å²) >= 11 is 0. The fraction of sp³-hybridized carbons (Fsp3) is 0.250. The van der Waals surface area contributed by atoms with E-state index >= 15 is 0 Å². The summed E-state index contributed by atoms with van der Waals surface area (Å²) < 4.78 is 35.2. The third-order valence-electron chi connectivity index (χ3n) is 1.42. The minimum Gasteiger partial charge on any atom is -0.464 e. The zero-order valence-corrected chi connectivity index (χ0v) is 8.23. The Morgan fingerprint density at radius 3 is 2.43 bits per heavy atom. The van der Waals surface area contributed by atoms with Crippen LogP contribution >= 0.6 is 0 Å². The molecule has 0 amide bonds. The van der Waals surface area contributed by atoms with Gasteiger partial charge in [-0.25, -0.2) is 0 Å². The molecule has 1 atom stereocenters. The van der Waals surface area contributed by atoms with E-state index < -0.39 is 16.4 Å². The van der Waals surface area contributed by atoms with Gasteiger partial charge in [0, 0.05) is 0 Å². The summed E-state index contributed by atoms with van der Waals surface area (Å²) in [6, 6.07) is 5.51. The van der Waals surface area contributed by atoms with Crippen molar-refractivity contribution in [1.82, 2.24) is 0 Å². The number of para-hydroxylation sites is 1. The molecule has 6 heteroatoms. The molecular formula is C8H10O5S. The van der Waals surface area contributed by atoms with Gasteiger partial charge in [0.25, 0.3) is 10.1 Å². The summed E-state index contributed by atoms with van der Waals surface area (Å²) in [6.07, 6.45) is -1.14. The van der Waals surface area contributed by atoms with Gasteiger partial charge in [-0.2, -0.15) is 8.42 Å². The maximum absolute atomic E-state index is 10.8. The van der Waals surface area contributed by atoms with Crippen LogP contribution in [0.15, 0.2) is 29.2 Å². The normalized spacial score (nSPS) is 13.6. The van der Waals surface area contributed by atoms with E-state index in [1.807, 2.05) is 0 Å². The zero-order chi connectivity index (χ0) is 10.8. The van der Waals surface area contributed by atoms with Crippen molar-refractivity contribution >= 4 is 10.1 Å². The topological polar surface area (TPSA) is 83.8 Å². The highest BCUT2D eigenvalue weighted by Crippen LogP contribution is 2.23. The Hall–Kier alpha value is -1.11. The summed E-state index contributed by atoms with van der Waals surface area (Å²) in [4.78, 5) is -0.360. The number of hydrogen-bond donors (Lipinski definition) is 2. The van der Waals surface area contributed by atoms with Crippen LogP contribution in [0.25, 0.3) is 0 Å². The first-order valence-electron chi connectivity index (χ1n) is 3.82. The van der Waals surface area contributed by atoms with Gasteiger partial charge in [-0.1, -0.05) is 12.1 Å². The fourth-order valence-electron chi connectivity index (χ4n) is 0.944. The molecule has 0 spiro atoms. The number of aliphatic hydroxyl groups excluding tert-OH is 1. The van der Waals surface area contributed by atoms with Gasteiger partial charge < -0.3 is 9.84 Å². The molecule has 1 aromatic rings. The molecule has 0 radical (unpaired) electrons. The average Bonchev–Trinajstić information content (AvgIpc) is 2.01. The first kappa shape index (κ1) is 11.0. The van der Waals surface area contributed by atoms with Gasteiger partial charge in [-0.15, -0.1) is 0 Å². The lowest BCUT2D eigenvalue weighted by Gasteiger charge is -2.10. The molecule has 0 saturated carbocycles. The zero-order valence-electron chi connectivity index (χ0n) is 7.41. The lowest BCUT2D eigenvalue weighted by atomic mass is 10.3. The van der Waals surface area contributed by atoms with Gasteiger partial charge in [0.05, 0.1) is 0 Å². The average molecular weight is 218 g/mol. The van der Waals surface area contributed by atoms with E-state index in [-0.39, 0.29) is 10.6 Å². The fourth-order valence-corrected chi connectivity index (χ4v) is 1.57. The molecule has 0 aliphatic carbocycles. The van der Waals surface area contributed by atoms with Gasteiger partial charge in [-0.3, -0.25) is 4.55 Å². The first-order valence-corrected chi connectivity index (χ1v) is 5.26. The molecule has 2 N–H and O–H groups in total. The van der Waals surface area contributed by atoms with Gasteiger partial charge in [0.1, 0.15) is 10.6 Å². The lowest BCUT2D eigenvalue weighted by molar-refractivity contribution is -0.00252. The Labute approximate surface area is 81.7 Å². The Morgan fingerprint density at radius 1 is 1.36 bits per heavy atom. The van der Waals surface area contributed by atoms with Crippen LogP contribution < -0.4 is 4.74 Å². The van der Waals surface area contributed by atoms with Crippen molar-refractivity contribution in [3.05, 3.63) is 24.3 Å². The second kappa shape index (κ2) is 3.95. The summed E-state index contributed by atoms with van der Waals surface area (Å²) in [5, 5.41) is 8.90. The van der Waals surface area contributed by atoms with Crippen molar-refractivity contribution in [2.75, 3.05) is 0 Å². The highest BCUT2D eigenvalue weighted by atomic mass is 32.2. The molecule has 5 nitrogen and oxygen atoms in total. The number of ether oxygens (including phenoxy) is 1. The van der Waals surface area contributed by atoms with E-state index in [1.165, 1.54) is 31.2 Å². The van der Waals surface area contributed by atoms with E-state index in [4.69, 9.17) is 14.4 Å². The van der Waals surface area contributed by atoms with Crippen LogP contribution in [0.4, 0.5) is 0 Å². The molecular weight excluding hydrogens is 208 g/mol. The Morgan fingerprint density at radius 2 is 1.93 bits per heavy atom. The monoisotopic (exact) mass is 218 g/mol. The second-order valence-electron chi connectivity index (χ2n) is 2.64. The molecule has 78 valence electrons. The molecule has 0 bridgehead atoms. The minimum absolute atomic E-state index is 0.0787. The molecule has 0 aliphatic heterocycles. The predicted molar refractivity (Wildman–Crippen MR) is 48.6 cm³/mol. The maximum atomic E-state index is 10.8. The molecule has 1 rings (SSSR count). The molecule has 1 aromatic carbocycles. The number of rotatable bonds is 3. The predicted octanol–water partition coefficient (Wildman–Crippen LogP) is 0.650. The van der Waals surface area contributed by atoms with E-state index in [0.717, 1.165) is 0 Å². The van der Waals surface area contributed by atoms with Crippen molar-refractivity contribution in [3.8, 4) is 5.75 Å². The Bertz CT molecular complexity index is 409. The minimum atomic E-state index is -4.32. The number of benzene rings is 1. The molecule has 0 aliphatic rings. The van der Waals surface area contributed by atoms with Crippen LogP contribution in [0, 0.1) is 0 Å². The first-order chi connectivity index (χ1) is 6.41. The smallest absolute Gasteiger partial charge is 0.298 e. The largest absolute Gasteiger partial charge is 0.464 e. The SMILES string of the molecule is CC(O)Oc1ccccc1S(=O)(=O)O. The number of aliphatic hydroxyl groups is 1. The summed E-state index contributed by atoms with van der Waals surface area (Å²) in [5.41, 5.74) is 0. The van der Waals surface area contributed by atoms with Crippen molar-refractivity contribution in [2.45, 2.75) is 18.1 Å². The van der Waals surface area contributed by atoms with Crippen LogP contribution in [0.2, 0.25) is 0 Å². The van der Waals surface area contributed by atoms with Crippen LogP contribution in [0.5, 0.6) is 5.75 Å². The van der Waals surface area contributed by atoms with Gasteiger partial charge in [0.2, 0.25) is 0 Å². The molecule has 0 aromatic heterocycles. The van der Waals surface area contributed by atoms with Gasteiger partial charge >= 0.3 is 0 Å². The summed E-state index contributed by atoms with van der Waals surface area (Å²) in [6.45, 7) is 1.33. The van der Waals surface area contributed by atoms with E-state index in [1.54, 1.807) is 0 Å². The van der Waals surface area contributed by atoms with E-state index in [9.17, 15) is 8.42 Å². The highest BCUT2D eigenvalue weighted by molar-refractivity contribution is 7.86. The Kier molecular flexibility index (Phi) is 3.10.